The topological polar surface area (TPSA) is 17.1 Å². The fourth-order valence-corrected chi connectivity index (χ4v) is 0.186. The van der Waals surface area contributed by atoms with Crippen LogP contribution in [0.25, 0.3) is 0 Å². The molecule has 0 aromatic rings. The van der Waals surface area contributed by atoms with Crippen LogP contribution in [0.1, 0.15) is 15.2 Å². The van der Waals surface area contributed by atoms with Crippen molar-refractivity contribution < 1.29 is 6.17 Å². The summed E-state index contributed by atoms with van der Waals surface area (Å²) in [6, 6.07) is 0. The monoisotopic (exact) mass is 85.1 g/mol. The number of rotatable bonds is 1. The van der Waals surface area contributed by atoms with Gasteiger partial charge in [-0.15, -0.1) is 0 Å². The molecule has 1 heteroatoms. The molecule has 0 spiro atoms. The second kappa shape index (κ2) is 2.64. The zero-order valence-electron chi connectivity index (χ0n) is 4.77. The van der Waals surface area contributed by atoms with E-state index in [-0.39, 0.29) is 12.7 Å². The third kappa shape index (κ3) is 3.41. The van der Waals surface area contributed by atoms with E-state index in [2.05, 4.69) is 0 Å². The predicted molar refractivity (Wildman–Crippen MR) is 25.5 cm³/mol. The maximum atomic E-state index is 10.1. The Morgan fingerprint density at radius 1 is 2.00 bits per heavy atom. The van der Waals surface area contributed by atoms with Crippen LogP contribution in [0.4, 0.5) is 0 Å². The highest BCUT2D eigenvalue weighted by molar-refractivity contribution is 5.87. The first-order chi connectivity index (χ1) is 3.31. The van der Waals surface area contributed by atoms with Crippen LogP contribution in [0.3, 0.4) is 0 Å². The van der Waals surface area contributed by atoms with Gasteiger partial charge in [0, 0.05) is 1.37 Å². The summed E-state index contributed by atoms with van der Waals surface area (Å²) in [5.74, 6) is -0.137. The SMILES string of the molecule is [2H]CC(=O)/C=C/C. The van der Waals surface area contributed by atoms with Crippen LogP contribution in [0.5, 0.6) is 0 Å². The molecule has 0 radical (unpaired) electrons. The summed E-state index contributed by atoms with van der Waals surface area (Å²) in [5, 5.41) is 0. The average molecular weight is 85.1 g/mol. The first-order valence-electron chi connectivity index (χ1n) is 2.46. The molecule has 0 aromatic carbocycles. The van der Waals surface area contributed by atoms with Gasteiger partial charge in [-0.25, -0.2) is 0 Å². The third-order valence-corrected chi connectivity index (χ3v) is 0.353. The summed E-state index contributed by atoms with van der Waals surface area (Å²) in [7, 11) is 0. The number of hydrogen-bond acceptors (Lipinski definition) is 1. The van der Waals surface area contributed by atoms with Gasteiger partial charge in [0.2, 0.25) is 0 Å². The molecule has 0 atom stereocenters. The Hall–Kier alpha value is -0.590. The maximum Gasteiger partial charge on any atom is 0.152 e. The summed E-state index contributed by atoms with van der Waals surface area (Å²) in [6.45, 7) is 1.62. The van der Waals surface area contributed by atoms with Crippen molar-refractivity contribution in [3.8, 4) is 0 Å². The lowest BCUT2D eigenvalue weighted by Crippen LogP contribution is -1.76. The Kier molecular flexibility index (Phi) is 1.58. The molecule has 6 heavy (non-hydrogen) atoms. The quantitative estimate of drug-likeness (QED) is 0.436. The fraction of sp³-hybridized carbons (Fsp3) is 0.400. The van der Waals surface area contributed by atoms with Gasteiger partial charge in [0.1, 0.15) is 0 Å². The molecule has 0 aliphatic heterocycles. The smallest absolute Gasteiger partial charge is 0.152 e. The largest absolute Gasteiger partial charge is 0.295 e. The molecule has 0 bridgehead atoms. The molecule has 0 heterocycles. The molecular formula is C5H8O. The molecule has 0 aromatic heterocycles. The standard InChI is InChI=1S/C5H8O/c1-3-4-5(2)6/h3-4H,1-2H3/b4-3+/i2D. The highest BCUT2D eigenvalue weighted by Gasteiger charge is 1.73. The van der Waals surface area contributed by atoms with Gasteiger partial charge in [0.15, 0.2) is 5.78 Å². The summed E-state index contributed by atoms with van der Waals surface area (Å²) in [6.07, 6.45) is 3.03. The second-order valence-electron chi connectivity index (χ2n) is 0.966. The van der Waals surface area contributed by atoms with E-state index in [0.717, 1.165) is 0 Å². The van der Waals surface area contributed by atoms with E-state index in [1.807, 2.05) is 0 Å². The lowest BCUT2D eigenvalue weighted by molar-refractivity contribution is -0.112. The minimum atomic E-state index is -0.137. The zero-order valence-corrected chi connectivity index (χ0v) is 3.77. The molecule has 1 nitrogen and oxygen atoms in total. The van der Waals surface area contributed by atoms with Crippen molar-refractivity contribution in [1.82, 2.24) is 0 Å². The van der Waals surface area contributed by atoms with E-state index in [1.165, 1.54) is 6.08 Å². The predicted octanol–water partition coefficient (Wildman–Crippen LogP) is 1.15. The number of carbonyl (C=O) groups is 1. The first-order valence-corrected chi connectivity index (χ1v) is 1.76. The summed E-state index contributed by atoms with van der Waals surface area (Å²) >= 11 is 0. The summed E-state index contributed by atoms with van der Waals surface area (Å²) in [4.78, 5) is 10.1. The molecule has 0 rings (SSSR count). The minimum Gasteiger partial charge on any atom is -0.295 e. The van der Waals surface area contributed by atoms with Crippen molar-refractivity contribution in [1.29, 1.82) is 0 Å². The molecule has 0 aliphatic carbocycles. The Bertz CT molecular complexity index is 86.1. The van der Waals surface area contributed by atoms with Crippen LogP contribution in [-0.4, -0.2) is 5.78 Å². The van der Waals surface area contributed by atoms with Gasteiger partial charge in [-0.3, -0.25) is 4.79 Å². The maximum absolute atomic E-state index is 10.1. The Balaban J connectivity index is 3.37. The molecule has 0 saturated heterocycles. The van der Waals surface area contributed by atoms with Crippen LogP contribution < -0.4 is 0 Å². The summed E-state index contributed by atoms with van der Waals surface area (Å²) < 4.78 is 6.51. The minimum absolute atomic E-state index is 0.135. The van der Waals surface area contributed by atoms with Crippen molar-refractivity contribution in [2.75, 3.05) is 0 Å². The van der Waals surface area contributed by atoms with Gasteiger partial charge in [0.05, 0.1) is 0 Å². The van der Waals surface area contributed by atoms with Crippen molar-refractivity contribution in [3.05, 3.63) is 12.2 Å². The van der Waals surface area contributed by atoms with Crippen LogP contribution >= 0.6 is 0 Å². The van der Waals surface area contributed by atoms with E-state index in [0.29, 0.717) is 0 Å². The molecule has 34 valence electrons. The van der Waals surface area contributed by atoms with Gasteiger partial charge in [-0.1, -0.05) is 6.08 Å². The lowest BCUT2D eigenvalue weighted by atomic mass is 10.4. The van der Waals surface area contributed by atoms with Crippen LogP contribution in [-0.2, 0) is 4.79 Å². The number of allylic oxidation sites excluding steroid dienone is 2. The molecule has 0 unspecified atom stereocenters. The Labute approximate surface area is 39.1 Å². The third-order valence-electron chi connectivity index (χ3n) is 0.353. The van der Waals surface area contributed by atoms with Crippen molar-refractivity contribution in [2.45, 2.75) is 13.8 Å². The Morgan fingerprint density at radius 3 is 2.83 bits per heavy atom. The lowest BCUT2D eigenvalue weighted by Gasteiger charge is -1.68. The van der Waals surface area contributed by atoms with Crippen molar-refractivity contribution in [2.24, 2.45) is 0 Å². The first kappa shape index (κ1) is 3.59. The van der Waals surface area contributed by atoms with Crippen LogP contribution in [0, 0.1) is 0 Å². The summed E-state index contributed by atoms with van der Waals surface area (Å²) in [5.41, 5.74) is 0. The van der Waals surface area contributed by atoms with Crippen LogP contribution in [0.15, 0.2) is 12.2 Å². The zero-order chi connectivity index (χ0) is 5.70. The van der Waals surface area contributed by atoms with Crippen molar-refractivity contribution in [3.63, 3.8) is 0 Å². The van der Waals surface area contributed by atoms with E-state index in [4.69, 9.17) is 1.37 Å². The average Bonchev–Trinajstić information content (AvgIpc) is 1.68. The molecule has 0 N–H and O–H groups in total. The van der Waals surface area contributed by atoms with Crippen LogP contribution in [0.2, 0.25) is 0 Å². The van der Waals surface area contributed by atoms with E-state index < -0.39 is 0 Å². The molecule has 0 saturated carbocycles. The van der Waals surface area contributed by atoms with Gasteiger partial charge in [0.25, 0.3) is 0 Å². The molecular weight excluding hydrogens is 76.1 g/mol. The highest BCUT2D eigenvalue weighted by atomic mass is 16.1. The number of carbonyl (C=O) groups excluding carboxylic acids is 1. The van der Waals surface area contributed by atoms with Crippen molar-refractivity contribution >= 4 is 5.78 Å². The van der Waals surface area contributed by atoms with Gasteiger partial charge < -0.3 is 0 Å². The second-order valence-corrected chi connectivity index (χ2v) is 0.966. The Morgan fingerprint density at radius 2 is 2.67 bits per heavy atom. The van der Waals surface area contributed by atoms with E-state index >= 15 is 0 Å². The highest BCUT2D eigenvalue weighted by Crippen LogP contribution is 1.69. The molecule has 0 aliphatic rings. The van der Waals surface area contributed by atoms with E-state index in [1.54, 1.807) is 13.0 Å². The van der Waals surface area contributed by atoms with Gasteiger partial charge in [-0.2, -0.15) is 0 Å². The number of hydrogen-bond donors (Lipinski definition) is 0. The fourth-order valence-electron chi connectivity index (χ4n) is 0.186. The molecule has 0 fully saturated rings. The van der Waals surface area contributed by atoms with E-state index in [9.17, 15) is 4.79 Å². The van der Waals surface area contributed by atoms with Gasteiger partial charge >= 0.3 is 0 Å². The normalized spacial score (nSPS) is 11.8. The molecule has 0 amide bonds. The number of ketones is 1. The van der Waals surface area contributed by atoms with Gasteiger partial charge in [-0.05, 0) is 19.9 Å².